The van der Waals surface area contributed by atoms with Gasteiger partial charge in [-0.1, -0.05) is 30.3 Å². The van der Waals surface area contributed by atoms with Gasteiger partial charge in [-0.3, -0.25) is 9.48 Å². The van der Waals surface area contributed by atoms with Gasteiger partial charge in [-0.25, -0.2) is 0 Å². The van der Waals surface area contributed by atoms with Crippen LogP contribution in [-0.4, -0.2) is 34.8 Å². The second-order valence-corrected chi connectivity index (χ2v) is 6.51. The second-order valence-electron chi connectivity index (χ2n) is 6.51. The van der Waals surface area contributed by atoms with Crippen LogP contribution in [0.3, 0.4) is 0 Å². The Balaban J connectivity index is 1.36. The van der Waals surface area contributed by atoms with Crippen molar-refractivity contribution in [3.63, 3.8) is 0 Å². The molecule has 1 aromatic heterocycles. The van der Waals surface area contributed by atoms with E-state index < -0.39 is 0 Å². The van der Waals surface area contributed by atoms with Crippen molar-refractivity contribution < 1.29 is 4.79 Å². The lowest BCUT2D eigenvalue weighted by molar-refractivity contribution is 0.0944. The SMILES string of the molecule is O=C(N[C@@H]1C[C@@H]1c1ccccc1)c1ccn([C@H]2CCCNC2)n1. The maximum absolute atomic E-state index is 12.4. The number of amides is 1. The molecule has 2 N–H and O–H groups in total. The molecule has 2 aliphatic rings. The van der Waals surface area contributed by atoms with E-state index in [0.717, 1.165) is 32.4 Å². The van der Waals surface area contributed by atoms with Gasteiger partial charge in [0.25, 0.3) is 5.91 Å². The monoisotopic (exact) mass is 310 g/mol. The maximum atomic E-state index is 12.4. The highest BCUT2D eigenvalue weighted by Crippen LogP contribution is 2.40. The van der Waals surface area contributed by atoms with E-state index in [-0.39, 0.29) is 11.9 Å². The molecule has 1 saturated carbocycles. The summed E-state index contributed by atoms with van der Waals surface area (Å²) in [6.07, 6.45) is 5.22. The maximum Gasteiger partial charge on any atom is 0.272 e. The minimum atomic E-state index is -0.0593. The molecule has 0 spiro atoms. The Kier molecular flexibility index (Phi) is 3.87. The Morgan fingerprint density at radius 1 is 1.26 bits per heavy atom. The van der Waals surface area contributed by atoms with Gasteiger partial charge < -0.3 is 10.6 Å². The molecule has 2 aromatic rings. The smallest absolute Gasteiger partial charge is 0.272 e. The van der Waals surface area contributed by atoms with Crippen LogP contribution in [-0.2, 0) is 0 Å². The van der Waals surface area contributed by atoms with E-state index in [4.69, 9.17) is 0 Å². The molecule has 5 heteroatoms. The van der Waals surface area contributed by atoms with Crippen LogP contribution in [0.15, 0.2) is 42.6 Å². The molecule has 1 aliphatic carbocycles. The first-order valence-electron chi connectivity index (χ1n) is 8.43. The lowest BCUT2D eigenvalue weighted by Crippen LogP contribution is -2.32. The fourth-order valence-corrected chi connectivity index (χ4v) is 3.39. The van der Waals surface area contributed by atoms with Gasteiger partial charge in [-0.15, -0.1) is 0 Å². The number of carbonyl (C=O) groups excluding carboxylic acids is 1. The van der Waals surface area contributed by atoms with Gasteiger partial charge in [-0.2, -0.15) is 5.10 Å². The molecule has 0 bridgehead atoms. The van der Waals surface area contributed by atoms with Gasteiger partial charge in [0.2, 0.25) is 0 Å². The first-order valence-corrected chi connectivity index (χ1v) is 8.43. The van der Waals surface area contributed by atoms with Crippen molar-refractivity contribution >= 4 is 5.91 Å². The van der Waals surface area contributed by atoms with Crippen molar-refractivity contribution in [2.45, 2.75) is 37.3 Å². The van der Waals surface area contributed by atoms with Crippen LogP contribution >= 0.6 is 0 Å². The minimum Gasteiger partial charge on any atom is -0.347 e. The minimum absolute atomic E-state index is 0.0593. The number of benzene rings is 1. The summed E-state index contributed by atoms with van der Waals surface area (Å²) in [6, 6.07) is 12.8. The Labute approximate surface area is 136 Å². The lowest BCUT2D eigenvalue weighted by atomic mass is 10.1. The van der Waals surface area contributed by atoms with Crippen molar-refractivity contribution in [2.75, 3.05) is 13.1 Å². The number of nitrogens with one attached hydrogen (secondary N) is 2. The normalized spacial score (nSPS) is 26.7. The lowest BCUT2D eigenvalue weighted by Gasteiger charge is -2.22. The molecule has 0 radical (unpaired) electrons. The third-order valence-electron chi connectivity index (χ3n) is 4.82. The van der Waals surface area contributed by atoms with Gasteiger partial charge in [-0.05, 0) is 37.4 Å². The number of rotatable bonds is 4. The number of aromatic nitrogens is 2. The number of nitrogens with zero attached hydrogens (tertiary/aromatic N) is 2. The molecule has 120 valence electrons. The molecular weight excluding hydrogens is 288 g/mol. The Morgan fingerprint density at radius 3 is 2.91 bits per heavy atom. The third kappa shape index (κ3) is 3.15. The highest BCUT2D eigenvalue weighted by Gasteiger charge is 2.39. The van der Waals surface area contributed by atoms with Crippen LogP contribution in [0.5, 0.6) is 0 Å². The molecule has 23 heavy (non-hydrogen) atoms. The molecule has 1 amide bonds. The molecule has 1 aliphatic heterocycles. The quantitative estimate of drug-likeness (QED) is 0.909. The second kappa shape index (κ2) is 6.16. The van der Waals surface area contributed by atoms with E-state index in [2.05, 4.69) is 27.9 Å². The van der Waals surface area contributed by atoms with Gasteiger partial charge in [0.1, 0.15) is 5.69 Å². The first kappa shape index (κ1) is 14.5. The van der Waals surface area contributed by atoms with Gasteiger partial charge in [0.05, 0.1) is 6.04 Å². The number of carbonyl (C=O) groups is 1. The zero-order chi connectivity index (χ0) is 15.6. The van der Waals surface area contributed by atoms with Crippen molar-refractivity contribution in [2.24, 2.45) is 0 Å². The Morgan fingerprint density at radius 2 is 2.13 bits per heavy atom. The van der Waals surface area contributed by atoms with Crippen molar-refractivity contribution in [1.82, 2.24) is 20.4 Å². The van der Waals surface area contributed by atoms with Crippen LogP contribution in [0.4, 0.5) is 0 Å². The topological polar surface area (TPSA) is 59.0 Å². The van der Waals surface area contributed by atoms with E-state index in [9.17, 15) is 4.79 Å². The van der Waals surface area contributed by atoms with Crippen molar-refractivity contribution in [1.29, 1.82) is 0 Å². The molecule has 1 aromatic carbocycles. The summed E-state index contributed by atoms with van der Waals surface area (Å²) in [4.78, 5) is 12.4. The summed E-state index contributed by atoms with van der Waals surface area (Å²) >= 11 is 0. The summed E-state index contributed by atoms with van der Waals surface area (Å²) in [5, 5.41) is 11.0. The van der Waals surface area contributed by atoms with Gasteiger partial charge in [0.15, 0.2) is 0 Å². The number of piperidine rings is 1. The molecule has 0 unspecified atom stereocenters. The summed E-state index contributed by atoms with van der Waals surface area (Å²) in [5.41, 5.74) is 1.82. The van der Waals surface area contributed by atoms with Crippen LogP contribution in [0.25, 0.3) is 0 Å². The molecule has 2 heterocycles. The molecule has 3 atom stereocenters. The number of hydrogen-bond acceptors (Lipinski definition) is 3. The van der Waals surface area contributed by atoms with Crippen LogP contribution in [0, 0.1) is 0 Å². The molecule has 1 saturated heterocycles. The van der Waals surface area contributed by atoms with E-state index in [0.29, 0.717) is 17.7 Å². The van der Waals surface area contributed by atoms with E-state index in [1.807, 2.05) is 35.1 Å². The molecular formula is C18H22N4O. The van der Waals surface area contributed by atoms with E-state index in [1.165, 1.54) is 5.56 Å². The van der Waals surface area contributed by atoms with Crippen LogP contribution < -0.4 is 10.6 Å². The predicted molar refractivity (Wildman–Crippen MR) is 88.4 cm³/mol. The molecule has 2 fully saturated rings. The van der Waals surface area contributed by atoms with E-state index in [1.54, 1.807) is 0 Å². The average molecular weight is 310 g/mol. The van der Waals surface area contributed by atoms with Crippen LogP contribution in [0.2, 0.25) is 0 Å². The summed E-state index contributed by atoms with van der Waals surface area (Å²) < 4.78 is 1.93. The third-order valence-corrected chi connectivity index (χ3v) is 4.82. The summed E-state index contributed by atoms with van der Waals surface area (Å²) in [5.74, 6) is 0.390. The van der Waals surface area contributed by atoms with Crippen LogP contribution in [0.1, 0.15) is 47.3 Å². The highest BCUT2D eigenvalue weighted by atomic mass is 16.2. The zero-order valence-corrected chi connectivity index (χ0v) is 13.1. The van der Waals surface area contributed by atoms with Crippen molar-refractivity contribution in [3.05, 3.63) is 53.9 Å². The predicted octanol–water partition coefficient (Wildman–Crippen LogP) is 2.09. The zero-order valence-electron chi connectivity index (χ0n) is 13.1. The standard InChI is InChI=1S/C18H22N4O/c23-18(20-17-11-15(17)13-5-2-1-3-6-13)16-8-10-22(21-16)14-7-4-9-19-12-14/h1-3,5-6,8,10,14-15,17,19H,4,7,9,11-12H2,(H,20,23)/t14-,15+,17+/m0/s1. The largest absolute Gasteiger partial charge is 0.347 e. The average Bonchev–Trinajstić information content (AvgIpc) is 3.19. The fourth-order valence-electron chi connectivity index (χ4n) is 3.39. The summed E-state index contributed by atoms with van der Waals surface area (Å²) in [6.45, 7) is 2.01. The molecule has 5 nitrogen and oxygen atoms in total. The van der Waals surface area contributed by atoms with E-state index >= 15 is 0 Å². The Bertz CT molecular complexity index is 675. The Hall–Kier alpha value is -2.14. The number of hydrogen-bond donors (Lipinski definition) is 2. The molecule has 4 rings (SSSR count). The fraction of sp³-hybridized carbons (Fsp3) is 0.444. The van der Waals surface area contributed by atoms with Crippen molar-refractivity contribution in [3.8, 4) is 0 Å². The van der Waals surface area contributed by atoms with Gasteiger partial charge in [0, 0.05) is 24.7 Å². The highest BCUT2D eigenvalue weighted by molar-refractivity contribution is 5.92. The van der Waals surface area contributed by atoms with Gasteiger partial charge >= 0.3 is 0 Å². The summed E-state index contributed by atoms with van der Waals surface area (Å²) in [7, 11) is 0. The first-order chi connectivity index (χ1) is 11.3.